The lowest BCUT2D eigenvalue weighted by Gasteiger charge is -2.29. The number of aryl methyl sites for hydroxylation is 2. The van der Waals surface area contributed by atoms with Gasteiger partial charge in [0.2, 0.25) is 0 Å². The summed E-state index contributed by atoms with van der Waals surface area (Å²) in [5, 5.41) is 3.58. The second kappa shape index (κ2) is 7.06. The highest BCUT2D eigenvalue weighted by Gasteiger charge is 2.22. The van der Waals surface area contributed by atoms with E-state index in [0.29, 0.717) is 6.04 Å². The van der Waals surface area contributed by atoms with Crippen LogP contribution in [-0.2, 0) is 11.2 Å². The fourth-order valence-electron chi connectivity index (χ4n) is 2.40. The van der Waals surface area contributed by atoms with E-state index in [0.717, 1.165) is 19.4 Å². The van der Waals surface area contributed by atoms with Crippen LogP contribution >= 0.6 is 0 Å². The van der Waals surface area contributed by atoms with E-state index in [2.05, 4.69) is 58.1 Å². The van der Waals surface area contributed by atoms with Crippen LogP contribution in [-0.4, -0.2) is 25.3 Å². The highest BCUT2D eigenvalue weighted by Crippen LogP contribution is 2.19. The predicted molar refractivity (Wildman–Crippen MR) is 82.8 cm³/mol. The summed E-state index contributed by atoms with van der Waals surface area (Å²) in [6.45, 7) is 11.8. The SMILES string of the molecule is CCNC(Cc1ccc(C)c(C)c1)CC(C)(C)OC. The van der Waals surface area contributed by atoms with E-state index in [9.17, 15) is 0 Å². The zero-order valence-corrected chi connectivity index (χ0v) is 13.3. The third-order valence-electron chi connectivity index (χ3n) is 3.84. The van der Waals surface area contributed by atoms with Crippen LogP contribution in [0.3, 0.4) is 0 Å². The Morgan fingerprint density at radius 1 is 1.21 bits per heavy atom. The Morgan fingerprint density at radius 3 is 2.42 bits per heavy atom. The van der Waals surface area contributed by atoms with Crippen LogP contribution in [0.2, 0.25) is 0 Å². The molecule has 0 fully saturated rings. The zero-order valence-electron chi connectivity index (χ0n) is 13.3. The minimum atomic E-state index is -0.0768. The van der Waals surface area contributed by atoms with Crippen LogP contribution in [0.15, 0.2) is 18.2 Å². The number of hydrogen-bond donors (Lipinski definition) is 1. The van der Waals surface area contributed by atoms with Gasteiger partial charge in [-0.2, -0.15) is 0 Å². The van der Waals surface area contributed by atoms with Gasteiger partial charge in [0.1, 0.15) is 0 Å². The summed E-state index contributed by atoms with van der Waals surface area (Å²) in [6.07, 6.45) is 2.08. The van der Waals surface area contributed by atoms with Crippen molar-refractivity contribution in [2.75, 3.05) is 13.7 Å². The molecular formula is C17H29NO. The van der Waals surface area contributed by atoms with Crippen molar-refractivity contribution in [2.24, 2.45) is 0 Å². The molecule has 1 N–H and O–H groups in total. The molecule has 2 nitrogen and oxygen atoms in total. The standard InChI is InChI=1S/C17H29NO/c1-7-18-16(12-17(4,5)19-6)11-15-9-8-13(2)14(3)10-15/h8-10,16,18H,7,11-12H2,1-6H3. The Morgan fingerprint density at radius 2 is 1.89 bits per heavy atom. The van der Waals surface area contributed by atoms with Gasteiger partial charge in [0.15, 0.2) is 0 Å². The van der Waals surface area contributed by atoms with Crippen LogP contribution < -0.4 is 5.32 Å². The molecule has 1 aromatic carbocycles. The van der Waals surface area contributed by atoms with Gasteiger partial charge in [0.05, 0.1) is 5.60 Å². The van der Waals surface area contributed by atoms with E-state index in [1.54, 1.807) is 7.11 Å². The Labute approximate surface area is 118 Å². The number of rotatable bonds is 7. The van der Waals surface area contributed by atoms with Crippen molar-refractivity contribution < 1.29 is 4.74 Å². The maximum absolute atomic E-state index is 5.56. The molecule has 0 saturated carbocycles. The van der Waals surface area contributed by atoms with E-state index in [1.165, 1.54) is 16.7 Å². The molecule has 1 atom stereocenters. The molecule has 1 aromatic rings. The fourth-order valence-corrected chi connectivity index (χ4v) is 2.40. The molecule has 1 rings (SSSR count). The van der Waals surface area contributed by atoms with Gasteiger partial charge in [0.25, 0.3) is 0 Å². The molecular weight excluding hydrogens is 234 g/mol. The first kappa shape index (κ1) is 16.2. The van der Waals surface area contributed by atoms with Crippen LogP contribution in [0.25, 0.3) is 0 Å². The summed E-state index contributed by atoms with van der Waals surface area (Å²) in [4.78, 5) is 0. The third-order valence-corrected chi connectivity index (χ3v) is 3.84. The number of hydrogen-bond acceptors (Lipinski definition) is 2. The number of nitrogens with one attached hydrogen (secondary N) is 1. The molecule has 0 aromatic heterocycles. The number of ether oxygens (including phenoxy) is 1. The molecule has 0 saturated heterocycles. The van der Waals surface area contributed by atoms with Gasteiger partial charge in [-0.15, -0.1) is 0 Å². The lowest BCUT2D eigenvalue weighted by atomic mass is 9.93. The zero-order chi connectivity index (χ0) is 14.5. The predicted octanol–water partition coefficient (Wildman–Crippen LogP) is 3.64. The second-order valence-corrected chi connectivity index (χ2v) is 6.05. The van der Waals surface area contributed by atoms with Crippen molar-refractivity contribution in [1.29, 1.82) is 0 Å². The lowest BCUT2D eigenvalue weighted by Crippen LogP contribution is -2.39. The molecule has 0 spiro atoms. The van der Waals surface area contributed by atoms with Crippen LogP contribution in [0.4, 0.5) is 0 Å². The van der Waals surface area contributed by atoms with Crippen molar-refractivity contribution in [1.82, 2.24) is 5.32 Å². The Balaban J connectivity index is 2.74. The Bertz CT molecular complexity index is 398. The van der Waals surface area contributed by atoms with Gasteiger partial charge in [-0.05, 0) is 63.8 Å². The minimum Gasteiger partial charge on any atom is -0.379 e. The van der Waals surface area contributed by atoms with E-state index >= 15 is 0 Å². The topological polar surface area (TPSA) is 21.3 Å². The van der Waals surface area contributed by atoms with E-state index in [-0.39, 0.29) is 5.60 Å². The molecule has 0 aliphatic rings. The van der Waals surface area contributed by atoms with Crippen molar-refractivity contribution in [2.45, 2.75) is 59.1 Å². The molecule has 0 heterocycles. The van der Waals surface area contributed by atoms with E-state index in [1.807, 2.05) is 0 Å². The maximum atomic E-state index is 5.56. The molecule has 0 amide bonds. The van der Waals surface area contributed by atoms with Crippen LogP contribution in [0.5, 0.6) is 0 Å². The van der Waals surface area contributed by atoms with Gasteiger partial charge in [0, 0.05) is 13.2 Å². The molecule has 0 radical (unpaired) electrons. The van der Waals surface area contributed by atoms with Crippen molar-refractivity contribution in [3.63, 3.8) is 0 Å². The highest BCUT2D eigenvalue weighted by atomic mass is 16.5. The summed E-state index contributed by atoms with van der Waals surface area (Å²) >= 11 is 0. The number of likely N-dealkylation sites (N-methyl/N-ethyl adjacent to an activating group) is 1. The second-order valence-electron chi connectivity index (χ2n) is 6.05. The number of benzene rings is 1. The van der Waals surface area contributed by atoms with Gasteiger partial charge < -0.3 is 10.1 Å². The summed E-state index contributed by atoms with van der Waals surface area (Å²) in [7, 11) is 1.79. The highest BCUT2D eigenvalue weighted by molar-refractivity contribution is 5.30. The first-order chi connectivity index (χ1) is 8.88. The summed E-state index contributed by atoms with van der Waals surface area (Å²) in [5.74, 6) is 0. The average molecular weight is 263 g/mol. The quantitative estimate of drug-likeness (QED) is 0.811. The minimum absolute atomic E-state index is 0.0768. The molecule has 1 unspecified atom stereocenters. The molecule has 108 valence electrons. The van der Waals surface area contributed by atoms with Crippen molar-refractivity contribution in [3.8, 4) is 0 Å². The van der Waals surface area contributed by atoms with E-state index < -0.39 is 0 Å². The monoisotopic (exact) mass is 263 g/mol. The smallest absolute Gasteiger partial charge is 0.0637 e. The van der Waals surface area contributed by atoms with Gasteiger partial charge >= 0.3 is 0 Å². The molecule has 0 bridgehead atoms. The van der Waals surface area contributed by atoms with Crippen LogP contribution in [0, 0.1) is 13.8 Å². The maximum Gasteiger partial charge on any atom is 0.0637 e. The third kappa shape index (κ3) is 5.33. The van der Waals surface area contributed by atoms with Gasteiger partial charge in [-0.25, -0.2) is 0 Å². The first-order valence-electron chi connectivity index (χ1n) is 7.22. The molecule has 0 aliphatic carbocycles. The van der Waals surface area contributed by atoms with Gasteiger partial charge in [-0.3, -0.25) is 0 Å². The summed E-state index contributed by atoms with van der Waals surface area (Å²) in [5.41, 5.74) is 4.06. The molecule has 0 aliphatic heterocycles. The normalized spacial score (nSPS) is 13.6. The fraction of sp³-hybridized carbons (Fsp3) is 0.647. The lowest BCUT2D eigenvalue weighted by molar-refractivity contribution is 0.00726. The Kier molecular flexibility index (Phi) is 6.02. The summed E-state index contributed by atoms with van der Waals surface area (Å²) < 4.78 is 5.56. The number of methoxy groups -OCH3 is 1. The summed E-state index contributed by atoms with van der Waals surface area (Å²) in [6, 6.07) is 7.23. The Hall–Kier alpha value is -0.860. The van der Waals surface area contributed by atoms with Gasteiger partial charge in [-0.1, -0.05) is 25.1 Å². The first-order valence-corrected chi connectivity index (χ1v) is 7.22. The van der Waals surface area contributed by atoms with E-state index in [4.69, 9.17) is 4.74 Å². The molecule has 19 heavy (non-hydrogen) atoms. The average Bonchev–Trinajstić information content (AvgIpc) is 2.34. The van der Waals surface area contributed by atoms with Crippen molar-refractivity contribution in [3.05, 3.63) is 34.9 Å². The largest absolute Gasteiger partial charge is 0.379 e. The van der Waals surface area contributed by atoms with Crippen molar-refractivity contribution >= 4 is 0 Å². The van der Waals surface area contributed by atoms with Crippen LogP contribution in [0.1, 0.15) is 43.9 Å². The molecule has 2 heteroatoms.